The molecule has 0 amide bonds. The maximum atomic E-state index is 13.6. The molecule has 1 N–H and O–H groups in total. The minimum atomic E-state index is -0.122. The van der Waals surface area contributed by atoms with Crippen molar-refractivity contribution in [3.8, 4) is 0 Å². The number of rotatable bonds is 7. The van der Waals surface area contributed by atoms with Crippen LogP contribution in [0.4, 0.5) is 4.39 Å². The second kappa shape index (κ2) is 6.86. The van der Waals surface area contributed by atoms with Crippen LogP contribution >= 0.6 is 0 Å². The number of ether oxygens (including phenoxy) is 1. The zero-order valence-electron chi connectivity index (χ0n) is 11.8. The van der Waals surface area contributed by atoms with Gasteiger partial charge in [-0.1, -0.05) is 18.2 Å². The van der Waals surface area contributed by atoms with Crippen LogP contribution in [0.3, 0.4) is 0 Å². The lowest BCUT2D eigenvalue weighted by Gasteiger charge is -2.26. The summed E-state index contributed by atoms with van der Waals surface area (Å²) in [6, 6.07) is 7.24. The first-order chi connectivity index (χ1) is 8.48. The fourth-order valence-electron chi connectivity index (χ4n) is 1.90. The average molecular weight is 253 g/mol. The van der Waals surface area contributed by atoms with Gasteiger partial charge in [0.25, 0.3) is 0 Å². The van der Waals surface area contributed by atoms with E-state index in [0.717, 1.165) is 18.4 Å². The molecule has 0 saturated heterocycles. The van der Waals surface area contributed by atoms with Crippen molar-refractivity contribution in [2.45, 2.75) is 44.8 Å². The van der Waals surface area contributed by atoms with E-state index in [2.05, 4.69) is 19.2 Å². The van der Waals surface area contributed by atoms with E-state index in [9.17, 15) is 4.39 Å². The maximum Gasteiger partial charge on any atom is 0.126 e. The predicted octanol–water partition coefficient (Wildman–Crippen LogP) is 3.16. The molecule has 0 aliphatic carbocycles. The van der Waals surface area contributed by atoms with Crippen LogP contribution in [0, 0.1) is 5.82 Å². The second-order valence-corrected chi connectivity index (χ2v) is 5.28. The van der Waals surface area contributed by atoms with Crippen LogP contribution in [0.2, 0.25) is 0 Å². The Kier molecular flexibility index (Phi) is 5.76. The minimum Gasteiger partial charge on any atom is -0.379 e. The molecule has 0 fully saturated rings. The SMILES string of the molecule is CNC(CCC(C)(C)OC)Cc1ccccc1F. The van der Waals surface area contributed by atoms with Gasteiger partial charge in [0.2, 0.25) is 0 Å². The molecule has 1 atom stereocenters. The van der Waals surface area contributed by atoms with Crippen LogP contribution in [0.1, 0.15) is 32.3 Å². The van der Waals surface area contributed by atoms with E-state index >= 15 is 0 Å². The molecule has 0 aliphatic heterocycles. The smallest absolute Gasteiger partial charge is 0.126 e. The number of likely N-dealkylation sites (N-methyl/N-ethyl adjacent to an activating group) is 1. The Balaban J connectivity index is 2.55. The standard InChI is InChI=1S/C15H24FNO/c1-15(2,18-4)10-9-13(17-3)11-12-7-5-6-8-14(12)16/h5-8,13,17H,9-11H2,1-4H3. The monoisotopic (exact) mass is 253 g/mol. The highest BCUT2D eigenvalue weighted by molar-refractivity contribution is 5.18. The van der Waals surface area contributed by atoms with Crippen LogP contribution in [-0.2, 0) is 11.2 Å². The lowest BCUT2D eigenvalue weighted by atomic mass is 9.95. The molecule has 0 bridgehead atoms. The molecule has 1 aromatic rings. The summed E-state index contributed by atoms with van der Waals surface area (Å²) in [5, 5.41) is 3.25. The molecular weight excluding hydrogens is 229 g/mol. The number of methoxy groups -OCH3 is 1. The summed E-state index contributed by atoms with van der Waals surface area (Å²) in [4.78, 5) is 0. The Morgan fingerprint density at radius 3 is 2.56 bits per heavy atom. The van der Waals surface area contributed by atoms with Gasteiger partial charge in [-0.25, -0.2) is 4.39 Å². The highest BCUT2D eigenvalue weighted by Crippen LogP contribution is 2.19. The van der Waals surface area contributed by atoms with Crippen molar-refractivity contribution in [1.82, 2.24) is 5.32 Å². The van der Waals surface area contributed by atoms with Crippen molar-refractivity contribution >= 4 is 0 Å². The predicted molar refractivity (Wildman–Crippen MR) is 73.3 cm³/mol. The molecule has 2 nitrogen and oxygen atoms in total. The summed E-state index contributed by atoms with van der Waals surface area (Å²) < 4.78 is 19.0. The van der Waals surface area contributed by atoms with Crippen molar-refractivity contribution < 1.29 is 9.13 Å². The Hall–Kier alpha value is -0.930. The topological polar surface area (TPSA) is 21.3 Å². The molecule has 0 aliphatic rings. The zero-order chi connectivity index (χ0) is 13.6. The highest BCUT2D eigenvalue weighted by atomic mass is 19.1. The van der Waals surface area contributed by atoms with Crippen molar-refractivity contribution in [2.24, 2.45) is 0 Å². The van der Waals surface area contributed by atoms with Gasteiger partial charge in [-0.15, -0.1) is 0 Å². The third-order valence-electron chi connectivity index (χ3n) is 3.48. The van der Waals surface area contributed by atoms with Crippen molar-refractivity contribution in [3.63, 3.8) is 0 Å². The number of hydrogen-bond donors (Lipinski definition) is 1. The van der Waals surface area contributed by atoms with Crippen molar-refractivity contribution in [1.29, 1.82) is 0 Å². The van der Waals surface area contributed by atoms with Crippen LogP contribution in [0.15, 0.2) is 24.3 Å². The Labute approximate surface area is 110 Å². The second-order valence-electron chi connectivity index (χ2n) is 5.28. The molecule has 0 heterocycles. The van der Waals surface area contributed by atoms with Crippen LogP contribution < -0.4 is 5.32 Å². The number of benzene rings is 1. The molecule has 3 heteroatoms. The van der Waals surface area contributed by atoms with E-state index < -0.39 is 0 Å². The van der Waals surface area contributed by atoms with E-state index in [1.165, 1.54) is 6.07 Å². The maximum absolute atomic E-state index is 13.6. The van der Waals surface area contributed by atoms with Gasteiger partial charge in [-0.2, -0.15) is 0 Å². The molecule has 0 spiro atoms. The Morgan fingerprint density at radius 1 is 1.33 bits per heavy atom. The largest absolute Gasteiger partial charge is 0.379 e. The van der Waals surface area contributed by atoms with Crippen LogP contribution in [-0.4, -0.2) is 25.8 Å². The van der Waals surface area contributed by atoms with Gasteiger partial charge in [-0.05, 0) is 51.8 Å². The summed E-state index contributed by atoms with van der Waals surface area (Å²) in [5.41, 5.74) is 0.650. The summed E-state index contributed by atoms with van der Waals surface area (Å²) in [6.07, 6.45) is 2.62. The quantitative estimate of drug-likeness (QED) is 0.806. The van der Waals surface area contributed by atoms with Gasteiger partial charge in [0.05, 0.1) is 5.60 Å². The lowest BCUT2D eigenvalue weighted by molar-refractivity contribution is 0.0119. The first-order valence-corrected chi connectivity index (χ1v) is 6.44. The van der Waals surface area contributed by atoms with Gasteiger partial charge < -0.3 is 10.1 Å². The molecule has 18 heavy (non-hydrogen) atoms. The van der Waals surface area contributed by atoms with Gasteiger partial charge in [0, 0.05) is 13.2 Å². The van der Waals surface area contributed by atoms with E-state index in [-0.39, 0.29) is 17.5 Å². The van der Waals surface area contributed by atoms with Gasteiger partial charge in [0.15, 0.2) is 0 Å². The molecule has 1 aromatic carbocycles. The van der Waals surface area contributed by atoms with Gasteiger partial charge in [0.1, 0.15) is 5.82 Å². The van der Waals surface area contributed by atoms with E-state index in [0.29, 0.717) is 6.42 Å². The normalized spacial score (nSPS) is 13.6. The third kappa shape index (κ3) is 4.75. The summed E-state index contributed by atoms with van der Waals surface area (Å²) in [6.45, 7) is 4.14. The third-order valence-corrected chi connectivity index (χ3v) is 3.48. The number of nitrogens with one attached hydrogen (secondary N) is 1. The van der Waals surface area contributed by atoms with Crippen molar-refractivity contribution in [2.75, 3.05) is 14.2 Å². The molecule has 0 aromatic heterocycles. The first kappa shape index (κ1) is 15.1. The van der Waals surface area contributed by atoms with E-state index in [4.69, 9.17) is 4.74 Å². The van der Waals surface area contributed by atoms with Gasteiger partial charge in [-0.3, -0.25) is 0 Å². The number of halogens is 1. The summed E-state index contributed by atoms with van der Waals surface area (Å²) >= 11 is 0. The fourth-order valence-corrected chi connectivity index (χ4v) is 1.90. The molecular formula is C15H24FNO. The summed E-state index contributed by atoms with van der Waals surface area (Å²) in [7, 11) is 3.65. The van der Waals surface area contributed by atoms with Crippen molar-refractivity contribution in [3.05, 3.63) is 35.6 Å². The Morgan fingerprint density at radius 2 is 2.00 bits per heavy atom. The van der Waals surface area contributed by atoms with E-state index in [1.54, 1.807) is 13.2 Å². The molecule has 1 rings (SSSR count). The lowest BCUT2D eigenvalue weighted by Crippen LogP contribution is -2.32. The molecule has 1 unspecified atom stereocenters. The van der Waals surface area contributed by atoms with Gasteiger partial charge >= 0.3 is 0 Å². The number of hydrogen-bond acceptors (Lipinski definition) is 2. The Bertz CT molecular complexity index is 365. The molecule has 102 valence electrons. The molecule has 0 saturated carbocycles. The first-order valence-electron chi connectivity index (χ1n) is 6.44. The van der Waals surface area contributed by atoms with E-state index in [1.807, 2.05) is 19.2 Å². The van der Waals surface area contributed by atoms with Crippen LogP contribution in [0.5, 0.6) is 0 Å². The highest BCUT2D eigenvalue weighted by Gasteiger charge is 2.19. The van der Waals surface area contributed by atoms with Crippen LogP contribution in [0.25, 0.3) is 0 Å². The molecule has 0 radical (unpaired) electrons. The fraction of sp³-hybridized carbons (Fsp3) is 0.600. The average Bonchev–Trinajstić information content (AvgIpc) is 2.36. The summed E-state index contributed by atoms with van der Waals surface area (Å²) in [5.74, 6) is -0.122. The minimum absolute atomic E-state index is 0.121. The zero-order valence-corrected chi connectivity index (χ0v) is 11.8.